The molecule has 3 aromatic rings. The fourth-order valence-corrected chi connectivity index (χ4v) is 4.85. The third-order valence-corrected chi connectivity index (χ3v) is 6.52. The summed E-state index contributed by atoms with van der Waals surface area (Å²) >= 11 is 0. The molecule has 1 heterocycles. The molecule has 0 amide bonds. The van der Waals surface area contributed by atoms with Crippen LogP contribution in [-0.4, -0.2) is 31.9 Å². The maximum absolute atomic E-state index is 13.0. The van der Waals surface area contributed by atoms with Gasteiger partial charge < -0.3 is 5.32 Å². The molecule has 1 saturated heterocycles. The molecule has 25 heavy (non-hydrogen) atoms. The van der Waals surface area contributed by atoms with Gasteiger partial charge in [0.2, 0.25) is 10.0 Å². The Labute approximate surface area is 148 Å². The van der Waals surface area contributed by atoms with Gasteiger partial charge in [-0.15, -0.1) is 0 Å². The fraction of sp³-hybridized carbons (Fsp3) is 0.200. The molecule has 128 valence electrons. The Hall–Kier alpha value is -2.37. The van der Waals surface area contributed by atoms with E-state index in [4.69, 9.17) is 0 Å². The van der Waals surface area contributed by atoms with Gasteiger partial charge in [-0.05, 0) is 41.5 Å². The van der Waals surface area contributed by atoms with Crippen molar-refractivity contribution in [1.82, 2.24) is 4.31 Å². The summed E-state index contributed by atoms with van der Waals surface area (Å²) in [6.07, 6.45) is 0.807. The lowest BCUT2D eigenvalue weighted by Gasteiger charge is -2.18. The molecule has 4 rings (SSSR count). The monoisotopic (exact) mass is 352 g/mol. The van der Waals surface area contributed by atoms with E-state index in [0.29, 0.717) is 18.0 Å². The third-order valence-electron chi connectivity index (χ3n) is 4.65. The number of hydrogen-bond acceptors (Lipinski definition) is 3. The molecule has 1 aliphatic rings. The SMILES string of the molecule is O=S(=O)(c1ccc2ccccc2c1)N1CCC(Nc2ccccc2)C1. The minimum absolute atomic E-state index is 0.137. The molecule has 1 aliphatic heterocycles. The second kappa shape index (κ2) is 6.50. The number of nitrogens with one attached hydrogen (secondary N) is 1. The van der Waals surface area contributed by atoms with Gasteiger partial charge in [-0.3, -0.25) is 0 Å². The first-order chi connectivity index (χ1) is 12.1. The van der Waals surface area contributed by atoms with Crippen LogP contribution in [-0.2, 0) is 10.0 Å². The number of nitrogens with zero attached hydrogens (tertiary/aromatic N) is 1. The summed E-state index contributed by atoms with van der Waals surface area (Å²) in [6.45, 7) is 1.03. The fourth-order valence-electron chi connectivity index (χ4n) is 3.31. The molecule has 1 N–H and O–H groups in total. The molecule has 4 nitrogen and oxygen atoms in total. The summed E-state index contributed by atoms with van der Waals surface area (Å²) in [7, 11) is -3.46. The molecule has 0 spiro atoms. The van der Waals surface area contributed by atoms with E-state index >= 15 is 0 Å². The van der Waals surface area contributed by atoms with Gasteiger partial charge in [0.1, 0.15) is 0 Å². The molecular weight excluding hydrogens is 332 g/mol. The Kier molecular flexibility index (Phi) is 4.19. The average molecular weight is 352 g/mol. The Bertz CT molecular complexity index is 987. The number of rotatable bonds is 4. The van der Waals surface area contributed by atoms with Crippen molar-refractivity contribution in [3.05, 3.63) is 72.8 Å². The summed E-state index contributed by atoms with van der Waals surface area (Å²) < 4.78 is 27.5. The van der Waals surface area contributed by atoms with Crippen molar-refractivity contribution in [2.75, 3.05) is 18.4 Å². The molecule has 0 aromatic heterocycles. The van der Waals surface area contributed by atoms with Gasteiger partial charge in [0.25, 0.3) is 0 Å². The van der Waals surface area contributed by atoms with Crippen molar-refractivity contribution in [3.63, 3.8) is 0 Å². The second-order valence-electron chi connectivity index (χ2n) is 6.37. The van der Waals surface area contributed by atoms with E-state index in [1.807, 2.05) is 60.7 Å². The third kappa shape index (κ3) is 3.25. The van der Waals surface area contributed by atoms with Crippen molar-refractivity contribution in [3.8, 4) is 0 Å². The van der Waals surface area contributed by atoms with Crippen LogP contribution in [0.3, 0.4) is 0 Å². The second-order valence-corrected chi connectivity index (χ2v) is 8.31. The molecule has 3 aromatic carbocycles. The molecule has 1 atom stereocenters. The number of sulfonamides is 1. The first-order valence-electron chi connectivity index (χ1n) is 8.43. The highest BCUT2D eigenvalue weighted by molar-refractivity contribution is 7.89. The summed E-state index contributed by atoms with van der Waals surface area (Å²) in [6, 6.07) is 23.2. The van der Waals surface area contributed by atoms with Gasteiger partial charge in [-0.1, -0.05) is 48.5 Å². The molecule has 1 fully saturated rings. The molecule has 5 heteroatoms. The van der Waals surface area contributed by atoms with Crippen LogP contribution in [0.2, 0.25) is 0 Å². The lowest BCUT2D eigenvalue weighted by atomic mass is 10.1. The van der Waals surface area contributed by atoms with Crippen LogP contribution in [0.4, 0.5) is 5.69 Å². The maximum atomic E-state index is 13.0. The molecule has 0 saturated carbocycles. The summed E-state index contributed by atoms with van der Waals surface area (Å²) in [4.78, 5) is 0.367. The van der Waals surface area contributed by atoms with Crippen LogP contribution in [0, 0.1) is 0 Å². The minimum atomic E-state index is -3.46. The Morgan fingerprint density at radius 3 is 2.40 bits per heavy atom. The van der Waals surface area contributed by atoms with Gasteiger partial charge in [-0.2, -0.15) is 4.31 Å². The van der Waals surface area contributed by atoms with Crippen molar-refractivity contribution in [2.24, 2.45) is 0 Å². The van der Waals surface area contributed by atoms with Crippen LogP contribution >= 0.6 is 0 Å². The molecule has 0 aliphatic carbocycles. The number of fused-ring (bicyclic) bond motifs is 1. The maximum Gasteiger partial charge on any atom is 0.243 e. The van der Waals surface area contributed by atoms with Crippen molar-refractivity contribution >= 4 is 26.5 Å². The zero-order valence-electron chi connectivity index (χ0n) is 13.8. The largest absolute Gasteiger partial charge is 0.381 e. The van der Waals surface area contributed by atoms with Gasteiger partial charge in [0.15, 0.2) is 0 Å². The smallest absolute Gasteiger partial charge is 0.243 e. The van der Waals surface area contributed by atoms with Crippen molar-refractivity contribution < 1.29 is 8.42 Å². The van der Waals surface area contributed by atoms with E-state index in [-0.39, 0.29) is 6.04 Å². The van der Waals surface area contributed by atoms with Crippen LogP contribution < -0.4 is 5.32 Å². The van der Waals surface area contributed by atoms with Crippen LogP contribution in [0.25, 0.3) is 10.8 Å². The highest BCUT2D eigenvalue weighted by Crippen LogP contribution is 2.25. The lowest BCUT2D eigenvalue weighted by molar-refractivity contribution is 0.474. The predicted molar refractivity (Wildman–Crippen MR) is 101 cm³/mol. The van der Waals surface area contributed by atoms with Gasteiger partial charge in [0, 0.05) is 24.8 Å². The van der Waals surface area contributed by atoms with E-state index in [1.54, 1.807) is 16.4 Å². The first kappa shape index (κ1) is 16.1. The lowest BCUT2D eigenvalue weighted by Crippen LogP contribution is -2.31. The average Bonchev–Trinajstić information content (AvgIpc) is 3.11. The van der Waals surface area contributed by atoms with Gasteiger partial charge in [0.05, 0.1) is 4.90 Å². The van der Waals surface area contributed by atoms with Gasteiger partial charge in [-0.25, -0.2) is 8.42 Å². The molecule has 1 unspecified atom stereocenters. The van der Waals surface area contributed by atoms with Crippen molar-refractivity contribution in [1.29, 1.82) is 0 Å². The van der Waals surface area contributed by atoms with E-state index < -0.39 is 10.0 Å². The van der Waals surface area contributed by atoms with E-state index in [1.165, 1.54) is 0 Å². The predicted octanol–water partition coefficient (Wildman–Crippen LogP) is 3.71. The summed E-state index contributed by atoms with van der Waals surface area (Å²) in [5.74, 6) is 0. The summed E-state index contributed by atoms with van der Waals surface area (Å²) in [5.41, 5.74) is 1.03. The number of para-hydroxylation sites is 1. The number of hydrogen-bond donors (Lipinski definition) is 1. The number of anilines is 1. The number of benzene rings is 3. The molecular formula is C20H20N2O2S. The topological polar surface area (TPSA) is 49.4 Å². The van der Waals surface area contributed by atoms with E-state index in [2.05, 4.69) is 5.32 Å². The van der Waals surface area contributed by atoms with Crippen LogP contribution in [0.15, 0.2) is 77.7 Å². The summed E-state index contributed by atoms with van der Waals surface area (Å²) in [5, 5.41) is 5.41. The Morgan fingerprint density at radius 1 is 0.880 bits per heavy atom. The zero-order valence-corrected chi connectivity index (χ0v) is 14.6. The highest BCUT2D eigenvalue weighted by Gasteiger charge is 2.32. The van der Waals surface area contributed by atoms with Crippen LogP contribution in [0.1, 0.15) is 6.42 Å². The quantitative estimate of drug-likeness (QED) is 0.779. The van der Waals surface area contributed by atoms with Gasteiger partial charge >= 0.3 is 0 Å². The van der Waals surface area contributed by atoms with Crippen LogP contribution in [0.5, 0.6) is 0 Å². The normalized spacial score (nSPS) is 18.5. The molecule has 0 bridgehead atoms. The highest BCUT2D eigenvalue weighted by atomic mass is 32.2. The minimum Gasteiger partial charge on any atom is -0.381 e. The Balaban J connectivity index is 1.54. The van der Waals surface area contributed by atoms with E-state index in [9.17, 15) is 8.42 Å². The van der Waals surface area contributed by atoms with Crippen molar-refractivity contribution in [2.45, 2.75) is 17.4 Å². The Morgan fingerprint density at radius 2 is 1.60 bits per heavy atom. The molecule has 0 radical (unpaired) electrons. The first-order valence-corrected chi connectivity index (χ1v) is 9.87. The zero-order chi connectivity index (χ0) is 17.3. The standard InChI is InChI=1S/C20H20N2O2S/c23-25(24,20-11-10-16-6-4-5-7-17(16)14-20)22-13-12-19(15-22)21-18-8-2-1-3-9-18/h1-11,14,19,21H,12-13,15H2. The van der Waals surface area contributed by atoms with E-state index in [0.717, 1.165) is 22.9 Å².